The fourth-order valence-corrected chi connectivity index (χ4v) is 6.74. The number of hydrogen-bond donors (Lipinski definition) is 1. The van der Waals surface area contributed by atoms with E-state index < -0.39 is 34.1 Å². The first-order chi connectivity index (χ1) is 21.3. The topological polar surface area (TPSA) is 86.8 Å². The third kappa shape index (κ3) is 8.87. The Bertz CT molecular complexity index is 1740. The van der Waals surface area contributed by atoms with Gasteiger partial charge in [-0.25, -0.2) is 8.42 Å². The number of carbonyl (C=O) groups excluding carboxylic acids is 2. The number of carbonyl (C=O) groups is 2. The Morgan fingerprint density at radius 2 is 1.38 bits per heavy atom. The Labute approximate surface area is 275 Å². The lowest BCUT2D eigenvalue weighted by Crippen LogP contribution is -2.56. The summed E-state index contributed by atoms with van der Waals surface area (Å²) in [6.45, 7) is 6.79. The summed E-state index contributed by atoms with van der Waals surface area (Å²) in [5.41, 5.74) is 1.88. The molecule has 0 unspecified atom stereocenters. The highest BCUT2D eigenvalue weighted by Crippen LogP contribution is 2.31. The molecule has 0 aliphatic heterocycles. The highest BCUT2D eigenvalue weighted by molar-refractivity contribution is 7.92. The molecule has 1 atom stereocenters. The number of para-hydroxylation sites is 1. The van der Waals surface area contributed by atoms with Gasteiger partial charge in [0.25, 0.3) is 10.0 Å². The maximum absolute atomic E-state index is 14.5. The number of amides is 2. The smallest absolute Gasteiger partial charge is 0.264 e. The van der Waals surface area contributed by atoms with Crippen LogP contribution in [0.15, 0.2) is 108 Å². The van der Waals surface area contributed by atoms with E-state index in [-0.39, 0.29) is 34.5 Å². The van der Waals surface area contributed by atoms with Crippen molar-refractivity contribution in [3.63, 3.8) is 0 Å². The Hall–Kier alpha value is -3.85. The summed E-state index contributed by atoms with van der Waals surface area (Å²) >= 11 is 13.1. The van der Waals surface area contributed by atoms with Crippen molar-refractivity contribution in [2.75, 3.05) is 10.8 Å². The third-order valence-electron chi connectivity index (χ3n) is 7.08. The molecule has 0 bridgehead atoms. The van der Waals surface area contributed by atoms with E-state index in [1.54, 1.807) is 60.7 Å². The molecule has 1 N–H and O–H groups in total. The fourth-order valence-electron chi connectivity index (χ4n) is 4.82. The molecule has 0 aliphatic carbocycles. The van der Waals surface area contributed by atoms with Gasteiger partial charge in [-0.15, -0.1) is 0 Å². The van der Waals surface area contributed by atoms with Crippen LogP contribution in [0, 0.1) is 6.92 Å². The number of nitrogens with one attached hydrogen (secondary N) is 1. The lowest BCUT2D eigenvalue weighted by atomic mass is 10.0. The molecule has 0 heterocycles. The van der Waals surface area contributed by atoms with Crippen molar-refractivity contribution >= 4 is 50.7 Å². The Balaban J connectivity index is 1.84. The molecule has 2 amide bonds. The van der Waals surface area contributed by atoms with E-state index in [2.05, 4.69) is 5.32 Å². The van der Waals surface area contributed by atoms with Gasteiger partial charge in [0, 0.05) is 23.5 Å². The summed E-state index contributed by atoms with van der Waals surface area (Å²) in [5, 5.41) is 3.59. The third-order valence-corrected chi connectivity index (χ3v) is 9.54. The zero-order valence-electron chi connectivity index (χ0n) is 25.7. The quantitative estimate of drug-likeness (QED) is 0.186. The maximum Gasteiger partial charge on any atom is 0.264 e. The minimum atomic E-state index is -4.26. The minimum absolute atomic E-state index is 0.00443. The molecule has 0 fully saturated rings. The number of aryl methyl sites for hydroxylation is 1. The molecule has 4 aromatic carbocycles. The van der Waals surface area contributed by atoms with Crippen LogP contribution in [0.5, 0.6) is 0 Å². The van der Waals surface area contributed by atoms with Gasteiger partial charge >= 0.3 is 0 Å². The predicted molar refractivity (Wildman–Crippen MR) is 181 cm³/mol. The normalized spacial score (nSPS) is 12.3. The van der Waals surface area contributed by atoms with Gasteiger partial charge in [0.05, 0.1) is 15.6 Å². The van der Waals surface area contributed by atoms with Crippen molar-refractivity contribution < 1.29 is 18.0 Å². The van der Waals surface area contributed by atoms with Crippen molar-refractivity contribution in [1.82, 2.24) is 10.2 Å². The highest BCUT2D eigenvalue weighted by Gasteiger charge is 2.36. The molecule has 236 valence electrons. The van der Waals surface area contributed by atoms with E-state index in [0.717, 1.165) is 15.4 Å². The number of nitrogens with zero attached hydrogens (tertiary/aromatic N) is 2. The van der Waals surface area contributed by atoms with Crippen LogP contribution in [-0.4, -0.2) is 43.3 Å². The van der Waals surface area contributed by atoms with Gasteiger partial charge in [-0.3, -0.25) is 13.9 Å². The van der Waals surface area contributed by atoms with Gasteiger partial charge in [-0.1, -0.05) is 102 Å². The van der Waals surface area contributed by atoms with Gasteiger partial charge in [0.1, 0.15) is 12.6 Å². The number of benzene rings is 4. The Kier molecular flexibility index (Phi) is 11.0. The number of anilines is 1. The van der Waals surface area contributed by atoms with Crippen LogP contribution in [0.25, 0.3) is 0 Å². The minimum Gasteiger partial charge on any atom is -0.350 e. The molecular formula is C35H37Cl2N3O4S. The summed E-state index contributed by atoms with van der Waals surface area (Å²) in [7, 11) is -4.26. The Morgan fingerprint density at radius 3 is 1.98 bits per heavy atom. The molecule has 0 aromatic heterocycles. The maximum atomic E-state index is 14.5. The first kappa shape index (κ1) is 34.0. The monoisotopic (exact) mass is 665 g/mol. The number of sulfonamides is 1. The lowest BCUT2D eigenvalue weighted by Gasteiger charge is -2.35. The molecule has 0 spiro atoms. The van der Waals surface area contributed by atoms with Crippen LogP contribution in [0.4, 0.5) is 5.69 Å². The number of rotatable bonds is 11. The van der Waals surface area contributed by atoms with E-state index in [4.69, 9.17) is 23.2 Å². The van der Waals surface area contributed by atoms with Crippen LogP contribution < -0.4 is 9.62 Å². The lowest BCUT2D eigenvalue weighted by molar-refractivity contribution is -0.140. The highest BCUT2D eigenvalue weighted by atomic mass is 35.5. The standard InChI is InChI=1S/C35H37Cl2N3O4S/c1-25-18-20-28(21-19-25)45(43,44)40(31-17-11-10-16-30(31)37)24-33(41)39(23-27-14-8-9-15-29(27)36)32(34(42)38-35(2,3)4)22-26-12-6-5-7-13-26/h5-21,32H,22-24H2,1-4H3,(H,38,42)/t32-/m0/s1. The van der Waals surface area contributed by atoms with Crippen LogP contribution in [0.2, 0.25) is 10.0 Å². The van der Waals surface area contributed by atoms with Crippen molar-refractivity contribution in [1.29, 1.82) is 0 Å². The molecular weight excluding hydrogens is 629 g/mol. The van der Waals surface area contributed by atoms with Gasteiger partial charge in [-0.05, 0) is 69.2 Å². The summed E-state index contributed by atoms with van der Waals surface area (Å²) in [5.74, 6) is -0.979. The average Bonchev–Trinajstić information content (AvgIpc) is 2.98. The van der Waals surface area contributed by atoms with Gasteiger partial charge in [0.15, 0.2) is 0 Å². The SMILES string of the molecule is Cc1ccc(S(=O)(=O)N(CC(=O)N(Cc2ccccc2Cl)[C@@H](Cc2ccccc2)C(=O)NC(C)(C)C)c2ccccc2Cl)cc1. The molecule has 0 aliphatic rings. The summed E-state index contributed by atoms with van der Waals surface area (Å²) < 4.78 is 29.3. The predicted octanol–water partition coefficient (Wildman–Crippen LogP) is 7.05. The van der Waals surface area contributed by atoms with Gasteiger partial charge in [0.2, 0.25) is 11.8 Å². The summed E-state index contributed by atoms with van der Waals surface area (Å²) in [6, 6.07) is 28.2. The molecule has 4 aromatic rings. The van der Waals surface area contributed by atoms with E-state index >= 15 is 0 Å². The molecule has 0 saturated carbocycles. The van der Waals surface area contributed by atoms with Crippen LogP contribution in [-0.2, 0) is 32.6 Å². The van der Waals surface area contributed by atoms with E-state index in [9.17, 15) is 18.0 Å². The summed E-state index contributed by atoms with van der Waals surface area (Å²) in [6.07, 6.45) is 0.190. The van der Waals surface area contributed by atoms with Crippen molar-refractivity contribution in [2.24, 2.45) is 0 Å². The first-order valence-electron chi connectivity index (χ1n) is 14.5. The molecule has 10 heteroatoms. The van der Waals surface area contributed by atoms with E-state index in [0.29, 0.717) is 10.6 Å². The number of halogens is 2. The van der Waals surface area contributed by atoms with Gasteiger partial charge in [-0.2, -0.15) is 0 Å². The van der Waals surface area contributed by atoms with Gasteiger partial charge < -0.3 is 10.2 Å². The van der Waals surface area contributed by atoms with E-state index in [1.807, 2.05) is 58.0 Å². The number of hydrogen-bond acceptors (Lipinski definition) is 4. The molecule has 0 saturated heterocycles. The average molecular weight is 667 g/mol. The second-order valence-corrected chi connectivity index (χ2v) is 14.5. The van der Waals surface area contributed by atoms with Crippen LogP contribution in [0.1, 0.15) is 37.5 Å². The zero-order chi connectivity index (χ0) is 32.8. The van der Waals surface area contributed by atoms with Crippen LogP contribution >= 0.6 is 23.2 Å². The molecule has 45 heavy (non-hydrogen) atoms. The molecule has 7 nitrogen and oxygen atoms in total. The fraction of sp³-hybridized carbons (Fsp3) is 0.257. The van der Waals surface area contributed by atoms with E-state index in [1.165, 1.54) is 17.0 Å². The van der Waals surface area contributed by atoms with Crippen molar-refractivity contribution in [2.45, 2.75) is 57.1 Å². The molecule has 4 rings (SSSR count). The Morgan fingerprint density at radius 1 is 0.800 bits per heavy atom. The summed E-state index contributed by atoms with van der Waals surface area (Å²) in [4.78, 5) is 29.9. The van der Waals surface area contributed by atoms with Crippen molar-refractivity contribution in [3.05, 3.63) is 130 Å². The first-order valence-corrected chi connectivity index (χ1v) is 16.7. The zero-order valence-corrected chi connectivity index (χ0v) is 28.0. The second kappa shape index (κ2) is 14.5. The second-order valence-electron chi connectivity index (χ2n) is 11.8. The molecule has 0 radical (unpaired) electrons. The van der Waals surface area contributed by atoms with Crippen molar-refractivity contribution in [3.8, 4) is 0 Å². The largest absolute Gasteiger partial charge is 0.350 e. The van der Waals surface area contributed by atoms with Crippen LogP contribution in [0.3, 0.4) is 0 Å².